The van der Waals surface area contributed by atoms with Crippen LogP contribution in [0.5, 0.6) is 0 Å². The van der Waals surface area contributed by atoms with Crippen LogP contribution in [0, 0.1) is 17.7 Å². The van der Waals surface area contributed by atoms with Gasteiger partial charge in [-0.05, 0) is 56.4 Å². The lowest BCUT2D eigenvalue weighted by molar-refractivity contribution is 0.0184. The molecule has 0 saturated carbocycles. The van der Waals surface area contributed by atoms with E-state index in [1.54, 1.807) is 12.1 Å². The summed E-state index contributed by atoms with van der Waals surface area (Å²) in [5.41, 5.74) is 0.612. The van der Waals surface area contributed by atoms with Crippen LogP contribution in [0.25, 0.3) is 0 Å². The second-order valence-corrected chi connectivity index (χ2v) is 7.14. The summed E-state index contributed by atoms with van der Waals surface area (Å²) in [5, 5.41) is 0. The number of halogens is 1. The van der Waals surface area contributed by atoms with Gasteiger partial charge in [-0.2, -0.15) is 0 Å². The maximum absolute atomic E-state index is 12.9. The van der Waals surface area contributed by atoms with Crippen molar-refractivity contribution < 1.29 is 9.18 Å². The Morgan fingerprint density at radius 2 is 1.73 bits per heavy atom. The number of likely N-dealkylation sites (tertiary alicyclic amines) is 2. The van der Waals surface area contributed by atoms with Gasteiger partial charge in [-0.3, -0.25) is 9.69 Å². The Labute approximate surface area is 132 Å². The van der Waals surface area contributed by atoms with Crippen molar-refractivity contribution in [3.05, 3.63) is 35.6 Å². The molecule has 3 nitrogen and oxygen atoms in total. The fraction of sp³-hybridized carbons (Fsp3) is 0.611. The molecule has 2 fully saturated rings. The molecule has 0 aliphatic carbocycles. The van der Waals surface area contributed by atoms with Gasteiger partial charge in [0.25, 0.3) is 0 Å². The van der Waals surface area contributed by atoms with Gasteiger partial charge in [0.2, 0.25) is 0 Å². The second-order valence-electron chi connectivity index (χ2n) is 7.14. The number of fused-ring (bicyclic) bond motifs is 2. The highest BCUT2D eigenvalue weighted by molar-refractivity contribution is 5.97. The summed E-state index contributed by atoms with van der Waals surface area (Å²) in [7, 11) is 0. The van der Waals surface area contributed by atoms with Crippen molar-refractivity contribution in [2.45, 2.75) is 26.3 Å². The van der Waals surface area contributed by atoms with Crippen molar-refractivity contribution in [1.82, 2.24) is 9.80 Å². The van der Waals surface area contributed by atoms with Gasteiger partial charge in [-0.25, -0.2) is 4.39 Å². The van der Waals surface area contributed by atoms with Crippen LogP contribution in [0.2, 0.25) is 0 Å². The standard InChI is InChI=1S/C18H25FN2O/c1-13(2)21-10-14-7-15(11-21)9-20(8-14)12-18(22)16-3-5-17(19)6-4-16/h3-6,13-15H,7-12H2,1-2H3. The molecule has 1 aromatic carbocycles. The minimum atomic E-state index is -0.294. The van der Waals surface area contributed by atoms with Gasteiger partial charge in [0, 0.05) is 37.8 Å². The number of piperidine rings is 2. The maximum atomic E-state index is 12.9. The largest absolute Gasteiger partial charge is 0.300 e. The Morgan fingerprint density at radius 3 is 2.27 bits per heavy atom. The summed E-state index contributed by atoms with van der Waals surface area (Å²) >= 11 is 0. The molecule has 2 saturated heterocycles. The first-order chi connectivity index (χ1) is 10.5. The second kappa shape index (κ2) is 6.47. The number of Topliss-reactive ketones (excluding diaryl/α,β-unsaturated/α-hetero) is 1. The Morgan fingerprint density at radius 1 is 1.14 bits per heavy atom. The smallest absolute Gasteiger partial charge is 0.176 e. The van der Waals surface area contributed by atoms with Crippen LogP contribution in [0.4, 0.5) is 4.39 Å². The number of rotatable bonds is 4. The zero-order chi connectivity index (χ0) is 15.7. The SMILES string of the molecule is CC(C)N1CC2CC(CN(CC(=O)c3ccc(F)cc3)C2)C1. The average Bonchev–Trinajstić information content (AvgIpc) is 2.46. The predicted molar refractivity (Wildman–Crippen MR) is 85.5 cm³/mol. The Balaban J connectivity index is 1.59. The molecule has 2 unspecified atom stereocenters. The van der Waals surface area contributed by atoms with Crippen LogP contribution in [0.1, 0.15) is 30.6 Å². The van der Waals surface area contributed by atoms with E-state index in [2.05, 4.69) is 23.6 Å². The molecular formula is C18H25FN2O. The Bertz CT molecular complexity index is 514. The normalized spacial score (nSPS) is 26.4. The van der Waals surface area contributed by atoms with Crippen LogP contribution in [-0.2, 0) is 0 Å². The third kappa shape index (κ3) is 3.55. The summed E-state index contributed by atoms with van der Waals surface area (Å²) in [5.74, 6) is 1.16. The number of benzene rings is 1. The van der Waals surface area contributed by atoms with E-state index < -0.39 is 0 Å². The van der Waals surface area contributed by atoms with Gasteiger partial charge in [0.05, 0.1) is 6.54 Å². The molecule has 0 aromatic heterocycles. The third-order valence-corrected chi connectivity index (χ3v) is 4.95. The Hall–Kier alpha value is -1.26. The molecule has 2 aliphatic heterocycles. The molecule has 0 N–H and O–H groups in total. The highest BCUT2D eigenvalue weighted by atomic mass is 19.1. The van der Waals surface area contributed by atoms with Crippen molar-refractivity contribution in [2.75, 3.05) is 32.7 Å². The summed E-state index contributed by atoms with van der Waals surface area (Å²) < 4.78 is 12.9. The van der Waals surface area contributed by atoms with Crippen LogP contribution in [0.15, 0.2) is 24.3 Å². The molecule has 120 valence electrons. The quantitative estimate of drug-likeness (QED) is 0.799. The van der Waals surface area contributed by atoms with Gasteiger partial charge < -0.3 is 4.90 Å². The lowest BCUT2D eigenvalue weighted by atomic mass is 9.84. The van der Waals surface area contributed by atoms with Crippen molar-refractivity contribution in [3.63, 3.8) is 0 Å². The van der Waals surface area contributed by atoms with Crippen molar-refractivity contribution in [1.29, 1.82) is 0 Å². The summed E-state index contributed by atoms with van der Waals surface area (Å²) in [6, 6.07) is 6.50. The molecule has 2 atom stereocenters. The summed E-state index contributed by atoms with van der Waals surface area (Å²) in [4.78, 5) is 17.2. The zero-order valence-electron chi connectivity index (χ0n) is 13.5. The molecule has 1 aromatic rings. The molecule has 0 radical (unpaired) electrons. The molecule has 0 spiro atoms. The first-order valence-electron chi connectivity index (χ1n) is 8.26. The average molecular weight is 304 g/mol. The van der Waals surface area contributed by atoms with E-state index in [1.807, 2.05) is 0 Å². The molecular weight excluding hydrogens is 279 g/mol. The topological polar surface area (TPSA) is 23.6 Å². The molecule has 2 aliphatic rings. The fourth-order valence-electron chi connectivity index (χ4n) is 3.91. The van der Waals surface area contributed by atoms with Gasteiger partial charge in [0.15, 0.2) is 5.78 Å². The lowest BCUT2D eigenvalue weighted by Gasteiger charge is -2.47. The van der Waals surface area contributed by atoms with E-state index in [9.17, 15) is 9.18 Å². The van der Waals surface area contributed by atoms with E-state index in [4.69, 9.17) is 0 Å². The monoisotopic (exact) mass is 304 g/mol. The van der Waals surface area contributed by atoms with E-state index in [-0.39, 0.29) is 11.6 Å². The highest BCUT2D eigenvalue weighted by Gasteiger charge is 2.35. The van der Waals surface area contributed by atoms with E-state index >= 15 is 0 Å². The van der Waals surface area contributed by atoms with Gasteiger partial charge in [0.1, 0.15) is 5.82 Å². The van der Waals surface area contributed by atoms with E-state index in [0.717, 1.165) is 26.2 Å². The summed E-state index contributed by atoms with van der Waals surface area (Å²) in [6.07, 6.45) is 1.30. The van der Waals surface area contributed by atoms with Crippen molar-refractivity contribution in [2.24, 2.45) is 11.8 Å². The van der Waals surface area contributed by atoms with Crippen LogP contribution >= 0.6 is 0 Å². The van der Waals surface area contributed by atoms with Crippen LogP contribution in [0.3, 0.4) is 0 Å². The molecule has 4 heteroatoms. The van der Waals surface area contributed by atoms with Crippen molar-refractivity contribution >= 4 is 5.78 Å². The van der Waals surface area contributed by atoms with Gasteiger partial charge >= 0.3 is 0 Å². The fourth-order valence-corrected chi connectivity index (χ4v) is 3.91. The van der Waals surface area contributed by atoms with E-state index in [1.165, 1.54) is 18.6 Å². The number of carbonyl (C=O) groups is 1. The molecule has 3 rings (SSSR count). The first kappa shape index (κ1) is 15.6. The Kier molecular flexibility index (Phi) is 4.59. The zero-order valence-corrected chi connectivity index (χ0v) is 13.5. The predicted octanol–water partition coefficient (Wildman–Crippen LogP) is 2.67. The number of carbonyl (C=O) groups excluding carboxylic acids is 1. The third-order valence-electron chi connectivity index (χ3n) is 4.95. The van der Waals surface area contributed by atoms with Gasteiger partial charge in [-0.15, -0.1) is 0 Å². The first-order valence-corrected chi connectivity index (χ1v) is 8.26. The highest BCUT2D eigenvalue weighted by Crippen LogP contribution is 2.29. The van der Waals surface area contributed by atoms with E-state index in [0.29, 0.717) is 30.0 Å². The molecule has 22 heavy (non-hydrogen) atoms. The van der Waals surface area contributed by atoms with Crippen molar-refractivity contribution in [3.8, 4) is 0 Å². The van der Waals surface area contributed by atoms with Crippen LogP contribution in [-0.4, -0.2) is 54.3 Å². The summed E-state index contributed by atoms with van der Waals surface area (Å²) in [6.45, 7) is 9.29. The number of nitrogens with zero attached hydrogens (tertiary/aromatic N) is 2. The number of hydrogen-bond acceptors (Lipinski definition) is 3. The molecule has 2 heterocycles. The minimum absolute atomic E-state index is 0.0979. The molecule has 0 amide bonds. The number of hydrogen-bond donors (Lipinski definition) is 0. The maximum Gasteiger partial charge on any atom is 0.176 e. The number of ketones is 1. The van der Waals surface area contributed by atoms with Gasteiger partial charge in [-0.1, -0.05) is 0 Å². The lowest BCUT2D eigenvalue weighted by Crippen LogP contribution is -2.54. The minimum Gasteiger partial charge on any atom is -0.300 e. The van der Waals surface area contributed by atoms with Crippen LogP contribution < -0.4 is 0 Å². The molecule has 2 bridgehead atoms.